The maximum absolute atomic E-state index is 13.0. The van der Waals surface area contributed by atoms with Crippen LogP contribution in [0.2, 0.25) is 0 Å². The molecule has 1 heterocycles. The number of hydrogen-bond donors (Lipinski definition) is 2. The predicted octanol–water partition coefficient (Wildman–Crippen LogP) is 4.51. The number of halogens is 1. The molecule has 7 heteroatoms. The van der Waals surface area contributed by atoms with Gasteiger partial charge in [-0.25, -0.2) is 4.39 Å². The number of pyridine rings is 1. The molecule has 0 saturated carbocycles. The van der Waals surface area contributed by atoms with Crippen LogP contribution in [0, 0.1) is 5.82 Å². The molecular weight excluding hydrogens is 373 g/mol. The number of carbonyl (C=O) groups excluding carboxylic acids is 2. The van der Waals surface area contributed by atoms with Gasteiger partial charge in [-0.15, -0.1) is 0 Å². The minimum absolute atomic E-state index is 0.0587. The molecule has 0 fully saturated rings. The highest BCUT2D eigenvalue weighted by Crippen LogP contribution is 2.18. The van der Waals surface area contributed by atoms with Gasteiger partial charge in [0, 0.05) is 23.1 Å². The van der Waals surface area contributed by atoms with Crippen molar-refractivity contribution in [3.8, 4) is 5.75 Å². The molecule has 0 bridgehead atoms. The van der Waals surface area contributed by atoms with Crippen LogP contribution in [0.15, 0.2) is 66.9 Å². The number of benzene rings is 2. The van der Waals surface area contributed by atoms with E-state index >= 15 is 0 Å². The van der Waals surface area contributed by atoms with Gasteiger partial charge in [0.25, 0.3) is 11.8 Å². The summed E-state index contributed by atoms with van der Waals surface area (Å²) in [7, 11) is 0. The third-order valence-corrected chi connectivity index (χ3v) is 3.84. The fourth-order valence-corrected chi connectivity index (χ4v) is 2.52. The summed E-state index contributed by atoms with van der Waals surface area (Å²) in [5.74, 6) is -0.563. The maximum Gasteiger partial charge on any atom is 0.274 e. The van der Waals surface area contributed by atoms with E-state index in [9.17, 15) is 14.0 Å². The van der Waals surface area contributed by atoms with Crippen LogP contribution in [0.25, 0.3) is 0 Å². The highest BCUT2D eigenvalue weighted by atomic mass is 19.1. The molecule has 0 aliphatic rings. The van der Waals surface area contributed by atoms with Crippen molar-refractivity contribution in [3.63, 3.8) is 0 Å². The van der Waals surface area contributed by atoms with Crippen LogP contribution in [0.3, 0.4) is 0 Å². The van der Waals surface area contributed by atoms with Crippen molar-refractivity contribution >= 4 is 23.2 Å². The van der Waals surface area contributed by atoms with Crippen molar-refractivity contribution < 1.29 is 18.7 Å². The molecule has 0 unspecified atom stereocenters. The maximum atomic E-state index is 13.0. The van der Waals surface area contributed by atoms with E-state index in [2.05, 4.69) is 15.6 Å². The van der Waals surface area contributed by atoms with Crippen LogP contribution in [-0.2, 0) is 0 Å². The average molecular weight is 393 g/mol. The summed E-state index contributed by atoms with van der Waals surface area (Å²) in [5, 5.41) is 5.37. The zero-order valence-electron chi connectivity index (χ0n) is 16.0. The summed E-state index contributed by atoms with van der Waals surface area (Å²) in [6.07, 6.45) is 1.44. The van der Waals surface area contributed by atoms with E-state index in [-0.39, 0.29) is 17.4 Å². The molecule has 6 nitrogen and oxygen atoms in total. The number of ether oxygens (including phenoxy) is 1. The summed E-state index contributed by atoms with van der Waals surface area (Å²) in [4.78, 5) is 28.9. The van der Waals surface area contributed by atoms with E-state index in [4.69, 9.17) is 4.74 Å². The summed E-state index contributed by atoms with van der Waals surface area (Å²) < 4.78 is 18.5. The SMILES string of the molecule is CC(C)Oc1ccc(NC(=O)c2cc(C(=O)Nc3ccc(F)cc3)ccn2)cc1. The van der Waals surface area contributed by atoms with Crippen molar-refractivity contribution in [3.05, 3.63) is 83.9 Å². The highest BCUT2D eigenvalue weighted by Gasteiger charge is 2.13. The van der Waals surface area contributed by atoms with Crippen LogP contribution in [0.5, 0.6) is 5.75 Å². The Morgan fingerprint density at radius 1 is 0.897 bits per heavy atom. The summed E-state index contributed by atoms with van der Waals surface area (Å²) in [6.45, 7) is 3.86. The molecule has 0 spiro atoms. The number of anilines is 2. The van der Waals surface area contributed by atoms with Gasteiger partial charge in [-0.2, -0.15) is 0 Å². The molecule has 0 atom stereocenters. The number of nitrogens with one attached hydrogen (secondary N) is 2. The first-order valence-corrected chi connectivity index (χ1v) is 9.02. The number of carbonyl (C=O) groups is 2. The molecule has 1 aromatic heterocycles. The molecule has 148 valence electrons. The molecule has 2 amide bonds. The number of nitrogens with zero attached hydrogens (tertiary/aromatic N) is 1. The first-order valence-electron chi connectivity index (χ1n) is 9.02. The number of hydrogen-bond acceptors (Lipinski definition) is 4. The van der Waals surface area contributed by atoms with Gasteiger partial charge < -0.3 is 15.4 Å². The van der Waals surface area contributed by atoms with Crippen molar-refractivity contribution in [1.82, 2.24) is 4.98 Å². The molecule has 0 aliphatic heterocycles. The lowest BCUT2D eigenvalue weighted by Crippen LogP contribution is -2.17. The second kappa shape index (κ2) is 8.97. The molecule has 2 N–H and O–H groups in total. The first kappa shape index (κ1) is 20.0. The molecular formula is C22H20FN3O3. The number of amides is 2. The lowest BCUT2D eigenvalue weighted by molar-refractivity contribution is 0.102. The molecule has 0 aliphatic carbocycles. The fourth-order valence-electron chi connectivity index (χ4n) is 2.52. The first-order chi connectivity index (χ1) is 13.9. The van der Waals surface area contributed by atoms with Gasteiger partial charge in [0.15, 0.2) is 0 Å². The predicted molar refractivity (Wildman–Crippen MR) is 109 cm³/mol. The third kappa shape index (κ3) is 5.62. The van der Waals surface area contributed by atoms with Crippen LogP contribution in [0.4, 0.5) is 15.8 Å². The van der Waals surface area contributed by atoms with Crippen molar-refractivity contribution in [2.75, 3.05) is 10.6 Å². The largest absolute Gasteiger partial charge is 0.491 e. The molecule has 3 rings (SSSR count). The Kier molecular flexibility index (Phi) is 6.19. The second-order valence-electron chi connectivity index (χ2n) is 6.54. The highest BCUT2D eigenvalue weighted by molar-refractivity contribution is 6.07. The van der Waals surface area contributed by atoms with E-state index in [1.54, 1.807) is 24.3 Å². The zero-order chi connectivity index (χ0) is 20.8. The van der Waals surface area contributed by atoms with E-state index < -0.39 is 17.6 Å². The van der Waals surface area contributed by atoms with Gasteiger partial charge in [-0.3, -0.25) is 14.6 Å². The molecule has 29 heavy (non-hydrogen) atoms. The normalized spacial score (nSPS) is 10.5. The van der Waals surface area contributed by atoms with E-state index in [0.717, 1.165) is 0 Å². The topological polar surface area (TPSA) is 80.3 Å². The summed E-state index contributed by atoms with van der Waals surface area (Å²) >= 11 is 0. The third-order valence-electron chi connectivity index (χ3n) is 3.84. The quantitative estimate of drug-likeness (QED) is 0.646. The van der Waals surface area contributed by atoms with Crippen LogP contribution in [-0.4, -0.2) is 22.9 Å². The monoisotopic (exact) mass is 393 g/mol. The van der Waals surface area contributed by atoms with Crippen LogP contribution >= 0.6 is 0 Å². The van der Waals surface area contributed by atoms with E-state index in [1.807, 2.05) is 13.8 Å². The lowest BCUT2D eigenvalue weighted by Gasteiger charge is -2.11. The number of aromatic nitrogens is 1. The van der Waals surface area contributed by atoms with Crippen LogP contribution in [0.1, 0.15) is 34.7 Å². The summed E-state index contributed by atoms with van der Waals surface area (Å²) in [6, 6.07) is 15.3. The van der Waals surface area contributed by atoms with Gasteiger partial charge in [-0.05, 0) is 74.5 Å². The Balaban J connectivity index is 1.67. The molecule has 2 aromatic carbocycles. The van der Waals surface area contributed by atoms with Crippen LogP contribution < -0.4 is 15.4 Å². The Morgan fingerprint density at radius 2 is 1.48 bits per heavy atom. The summed E-state index contributed by atoms with van der Waals surface area (Å²) in [5.41, 5.74) is 1.38. The van der Waals surface area contributed by atoms with Crippen molar-refractivity contribution in [1.29, 1.82) is 0 Å². The van der Waals surface area contributed by atoms with Crippen molar-refractivity contribution in [2.24, 2.45) is 0 Å². The van der Waals surface area contributed by atoms with Gasteiger partial charge in [-0.1, -0.05) is 0 Å². The van der Waals surface area contributed by atoms with Crippen molar-refractivity contribution in [2.45, 2.75) is 20.0 Å². The molecule has 0 saturated heterocycles. The smallest absolute Gasteiger partial charge is 0.274 e. The number of rotatable bonds is 6. The van der Waals surface area contributed by atoms with E-state index in [0.29, 0.717) is 17.1 Å². The Labute approximate surface area is 167 Å². The standard InChI is InChI=1S/C22H20FN3O3/c1-14(2)29-19-9-7-18(8-10-19)26-22(28)20-13-15(11-12-24-20)21(27)25-17-5-3-16(23)4-6-17/h3-14H,1-2H3,(H,25,27)(H,26,28). The van der Waals surface area contributed by atoms with Gasteiger partial charge >= 0.3 is 0 Å². The van der Waals surface area contributed by atoms with Gasteiger partial charge in [0.1, 0.15) is 17.3 Å². The minimum atomic E-state index is -0.445. The Hall–Kier alpha value is -3.74. The zero-order valence-corrected chi connectivity index (χ0v) is 16.0. The molecule has 3 aromatic rings. The van der Waals surface area contributed by atoms with Gasteiger partial charge in [0.05, 0.1) is 6.10 Å². The Bertz CT molecular complexity index is 1000. The van der Waals surface area contributed by atoms with Gasteiger partial charge in [0.2, 0.25) is 0 Å². The Morgan fingerprint density at radius 3 is 2.10 bits per heavy atom. The second-order valence-corrected chi connectivity index (χ2v) is 6.54. The van der Waals surface area contributed by atoms with E-state index in [1.165, 1.54) is 42.6 Å². The molecule has 0 radical (unpaired) electrons. The average Bonchev–Trinajstić information content (AvgIpc) is 2.71. The minimum Gasteiger partial charge on any atom is -0.491 e. The fraction of sp³-hybridized carbons (Fsp3) is 0.136. The lowest BCUT2D eigenvalue weighted by atomic mass is 10.2.